The standard InChI is InChI=1S/C20H19FN4O/c1-2-14-5-9-17(10-6-14)25-19-11-18(23-13-24-19)20(26)22-12-15-3-7-16(21)8-4-15/h3-11,13H,2,12H2,1H3,(H,22,26)(H,23,24,25). The smallest absolute Gasteiger partial charge is 0.270 e. The van der Waals surface area contributed by atoms with E-state index in [-0.39, 0.29) is 17.4 Å². The van der Waals surface area contributed by atoms with Crippen molar-refractivity contribution in [3.05, 3.63) is 83.6 Å². The lowest BCUT2D eigenvalue weighted by Gasteiger charge is -2.08. The Morgan fingerprint density at radius 1 is 1.00 bits per heavy atom. The summed E-state index contributed by atoms with van der Waals surface area (Å²) in [5.74, 6) is -0.0872. The molecule has 0 fully saturated rings. The summed E-state index contributed by atoms with van der Waals surface area (Å²) in [6.45, 7) is 2.40. The van der Waals surface area contributed by atoms with Crippen molar-refractivity contribution in [3.63, 3.8) is 0 Å². The third-order valence-corrected chi connectivity index (χ3v) is 3.90. The highest BCUT2D eigenvalue weighted by Crippen LogP contribution is 2.16. The normalized spacial score (nSPS) is 10.4. The number of nitrogens with zero attached hydrogens (tertiary/aromatic N) is 2. The predicted molar refractivity (Wildman–Crippen MR) is 98.7 cm³/mol. The highest BCUT2D eigenvalue weighted by Gasteiger charge is 2.09. The molecule has 0 atom stereocenters. The monoisotopic (exact) mass is 350 g/mol. The number of anilines is 2. The molecule has 0 aliphatic rings. The zero-order valence-corrected chi connectivity index (χ0v) is 14.4. The van der Waals surface area contributed by atoms with Gasteiger partial charge in [0.1, 0.15) is 23.7 Å². The van der Waals surface area contributed by atoms with E-state index in [1.807, 2.05) is 24.3 Å². The van der Waals surface area contributed by atoms with Crippen LogP contribution in [0.1, 0.15) is 28.5 Å². The van der Waals surface area contributed by atoms with Crippen LogP contribution in [0, 0.1) is 5.82 Å². The van der Waals surface area contributed by atoms with Crippen molar-refractivity contribution in [3.8, 4) is 0 Å². The lowest BCUT2D eigenvalue weighted by Crippen LogP contribution is -2.24. The first-order valence-corrected chi connectivity index (χ1v) is 8.34. The van der Waals surface area contributed by atoms with Crippen molar-refractivity contribution < 1.29 is 9.18 Å². The molecule has 0 bridgehead atoms. The molecule has 0 spiro atoms. The summed E-state index contributed by atoms with van der Waals surface area (Å²) in [5.41, 5.74) is 3.20. The minimum atomic E-state index is -0.318. The van der Waals surface area contributed by atoms with Crippen LogP contribution in [0.2, 0.25) is 0 Å². The number of nitrogens with one attached hydrogen (secondary N) is 2. The summed E-state index contributed by atoms with van der Waals surface area (Å²) in [6.07, 6.45) is 2.32. The Kier molecular flexibility index (Phi) is 5.53. The molecule has 0 radical (unpaired) electrons. The topological polar surface area (TPSA) is 66.9 Å². The summed E-state index contributed by atoms with van der Waals surface area (Å²) in [5, 5.41) is 5.92. The van der Waals surface area contributed by atoms with Gasteiger partial charge in [-0.25, -0.2) is 14.4 Å². The van der Waals surface area contributed by atoms with E-state index < -0.39 is 0 Å². The van der Waals surface area contributed by atoms with Crippen LogP contribution in [-0.4, -0.2) is 15.9 Å². The molecule has 6 heteroatoms. The molecule has 2 N–H and O–H groups in total. The van der Waals surface area contributed by atoms with Gasteiger partial charge in [0.05, 0.1) is 0 Å². The van der Waals surface area contributed by atoms with Gasteiger partial charge in [0.25, 0.3) is 5.91 Å². The van der Waals surface area contributed by atoms with Gasteiger partial charge in [-0.05, 0) is 41.8 Å². The maximum absolute atomic E-state index is 12.9. The van der Waals surface area contributed by atoms with E-state index in [9.17, 15) is 9.18 Å². The molecule has 26 heavy (non-hydrogen) atoms. The van der Waals surface area contributed by atoms with E-state index >= 15 is 0 Å². The van der Waals surface area contributed by atoms with Crippen LogP contribution < -0.4 is 10.6 Å². The Hall–Kier alpha value is -3.28. The Labute approximate surface area is 151 Å². The van der Waals surface area contributed by atoms with Crippen LogP contribution in [0.4, 0.5) is 15.9 Å². The van der Waals surface area contributed by atoms with Gasteiger partial charge in [-0.1, -0.05) is 31.2 Å². The number of aromatic nitrogens is 2. The van der Waals surface area contributed by atoms with Gasteiger partial charge in [0, 0.05) is 18.3 Å². The van der Waals surface area contributed by atoms with Crippen LogP contribution in [0.3, 0.4) is 0 Å². The van der Waals surface area contributed by atoms with Gasteiger partial charge in [-0.15, -0.1) is 0 Å². The average molecular weight is 350 g/mol. The Balaban J connectivity index is 1.63. The third kappa shape index (κ3) is 4.63. The van der Waals surface area contributed by atoms with Crippen molar-refractivity contribution in [1.82, 2.24) is 15.3 Å². The molecule has 1 aromatic heterocycles. The third-order valence-electron chi connectivity index (χ3n) is 3.90. The highest BCUT2D eigenvalue weighted by molar-refractivity contribution is 5.92. The zero-order valence-electron chi connectivity index (χ0n) is 14.4. The van der Waals surface area contributed by atoms with E-state index in [0.29, 0.717) is 12.4 Å². The number of hydrogen-bond donors (Lipinski definition) is 2. The summed E-state index contributed by atoms with van der Waals surface area (Å²) < 4.78 is 12.9. The first-order valence-electron chi connectivity index (χ1n) is 8.34. The van der Waals surface area contributed by atoms with Crippen LogP contribution >= 0.6 is 0 Å². The maximum Gasteiger partial charge on any atom is 0.270 e. The fraction of sp³-hybridized carbons (Fsp3) is 0.150. The number of carbonyl (C=O) groups is 1. The number of benzene rings is 2. The van der Waals surface area contributed by atoms with E-state index in [1.165, 1.54) is 24.0 Å². The van der Waals surface area contributed by atoms with Gasteiger partial charge in [-0.2, -0.15) is 0 Å². The Morgan fingerprint density at radius 2 is 1.69 bits per heavy atom. The van der Waals surface area contributed by atoms with Gasteiger partial charge in [0.2, 0.25) is 0 Å². The molecular formula is C20H19FN4O. The first-order chi connectivity index (χ1) is 12.6. The lowest BCUT2D eigenvalue weighted by molar-refractivity contribution is 0.0946. The maximum atomic E-state index is 12.9. The minimum absolute atomic E-state index is 0.259. The highest BCUT2D eigenvalue weighted by atomic mass is 19.1. The van der Waals surface area contributed by atoms with E-state index in [1.54, 1.807) is 18.2 Å². The second-order valence-electron chi connectivity index (χ2n) is 5.77. The predicted octanol–water partition coefficient (Wildman–Crippen LogP) is 3.85. The Morgan fingerprint density at radius 3 is 2.38 bits per heavy atom. The molecule has 1 amide bonds. The van der Waals surface area contributed by atoms with Crippen molar-refractivity contribution in [2.75, 3.05) is 5.32 Å². The molecule has 3 rings (SSSR count). The lowest BCUT2D eigenvalue weighted by atomic mass is 10.1. The molecule has 0 aliphatic heterocycles. The second-order valence-corrected chi connectivity index (χ2v) is 5.77. The largest absolute Gasteiger partial charge is 0.347 e. The number of rotatable bonds is 6. The summed E-state index contributed by atoms with van der Waals surface area (Å²) >= 11 is 0. The molecule has 1 heterocycles. The number of aryl methyl sites for hydroxylation is 1. The van der Waals surface area contributed by atoms with Crippen molar-refractivity contribution in [2.45, 2.75) is 19.9 Å². The van der Waals surface area contributed by atoms with E-state index in [0.717, 1.165) is 17.7 Å². The molecule has 0 unspecified atom stereocenters. The van der Waals surface area contributed by atoms with Crippen LogP contribution in [0.15, 0.2) is 60.9 Å². The quantitative estimate of drug-likeness (QED) is 0.709. The molecule has 0 saturated heterocycles. The zero-order chi connectivity index (χ0) is 18.4. The number of carbonyl (C=O) groups excluding carboxylic acids is 1. The van der Waals surface area contributed by atoms with Crippen LogP contribution in [0.25, 0.3) is 0 Å². The van der Waals surface area contributed by atoms with E-state index in [2.05, 4.69) is 27.5 Å². The summed E-state index contributed by atoms with van der Waals surface area (Å²) in [6, 6.07) is 15.6. The molecule has 132 valence electrons. The van der Waals surface area contributed by atoms with Crippen molar-refractivity contribution in [2.24, 2.45) is 0 Å². The fourth-order valence-electron chi connectivity index (χ4n) is 2.40. The first kappa shape index (κ1) is 17.5. The van der Waals surface area contributed by atoms with E-state index in [4.69, 9.17) is 0 Å². The van der Waals surface area contributed by atoms with Crippen LogP contribution in [-0.2, 0) is 13.0 Å². The number of hydrogen-bond acceptors (Lipinski definition) is 4. The molecule has 5 nitrogen and oxygen atoms in total. The second kappa shape index (κ2) is 8.20. The van der Waals surface area contributed by atoms with Gasteiger partial charge < -0.3 is 10.6 Å². The summed E-state index contributed by atoms with van der Waals surface area (Å²) in [4.78, 5) is 20.4. The average Bonchev–Trinajstić information content (AvgIpc) is 2.68. The van der Waals surface area contributed by atoms with Gasteiger partial charge >= 0.3 is 0 Å². The van der Waals surface area contributed by atoms with Crippen LogP contribution in [0.5, 0.6) is 0 Å². The van der Waals surface area contributed by atoms with Crippen molar-refractivity contribution >= 4 is 17.4 Å². The molecule has 3 aromatic rings. The molecule has 0 aliphatic carbocycles. The fourth-order valence-corrected chi connectivity index (χ4v) is 2.40. The van der Waals surface area contributed by atoms with Gasteiger partial charge in [0.15, 0.2) is 0 Å². The number of halogens is 1. The molecule has 0 saturated carbocycles. The summed E-state index contributed by atoms with van der Waals surface area (Å²) in [7, 11) is 0. The van der Waals surface area contributed by atoms with Crippen molar-refractivity contribution in [1.29, 1.82) is 0 Å². The molecule has 2 aromatic carbocycles. The minimum Gasteiger partial charge on any atom is -0.347 e. The molecular weight excluding hydrogens is 331 g/mol. The van der Waals surface area contributed by atoms with Gasteiger partial charge in [-0.3, -0.25) is 4.79 Å². The SMILES string of the molecule is CCc1ccc(Nc2cc(C(=O)NCc3ccc(F)cc3)ncn2)cc1. The number of amides is 1. The Bertz CT molecular complexity index is 879.